The minimum Gasteiger partial charge on any atom is -0.478 e. The first kappa shape index (κ1) is 15.4. The lowest BCUT2D eigenvalue weighted by Gasteiger charge is -2.19. The number of rotatable bonds is 4. The van der Waals surface area contributed by atoms with Crippen molar-refractivity contribution in [3.8, 4) is 11.9 Å². The lowest BCUT2D eigenvalue weighted by Crippen LogP contribution is -2.26. The number of nitriles is 1. The van der Waals surface area contributed by atoms with Crippen LogP contribution in [-0.2, 0) is 19.4 Å². The zero-order valence-corrected chi connectivity index (χ0v) is 13.3. The topological polar surface area (TPSA) is 62.0 Å². The first-order valence-electron chi connectivity index (χ1n) is 7.97. The summed E-state index contributed by atoms with van der Waals surface area (Å²) >= 11 is 0. The van der Waals surface area contributed by atoms with Crippen LogP contribution in [0.3, 0.4) is 0 Å². The third-order valence-electron chi connectivity index (χ3n) is 4.08. The average Bonchev–Trinajstić information content (AvgIpc) is 2.79. The average molecular weight is 308 g/mol. The number of aromatic nitrogens is 2. The molecule has 0 saturated heterocycles. The SMILES string of the molecule is CCOc1ncnc2c1CCN(Cc1cccc(C#N)c1)CC2. The number of ether oxygens (including phenoxy) is 1. The van der Waals surface area contributed by atoms with Gasteiger partial charge in [0.25, 0.3) is 0 Å². The van der Waals surface area contributed by atoms with Crippen LogP contribution in [0.15, 0.2) is 30.6 Å². The maximum Gasteiger partial charge on any atom is 0.219 e. The summed E-state index contributed by atoms with van der Waals surface area (Å²) in [5.74, 6) is 0.728. The van der Waals surface area contributed by atoms with Crippen LogP contribution >= 0.6 is 0 Å². The smallest absolute Gasteiger partial charge is 0.219 e. The summed E-state index contributed by atoms with van der Waals surface area (Å²) in [7, 11) is 0. The van der Waals surface area contributed by atoms with Crippen molar-refractivity contribution < 1.29 is 4.74 Å². The van der Waals surface area contributed by atoms with E-state index >= 15 is 0 Å². The maximum absolute atomic E-state index is 9.02. The third-order valence-corrected chi connectivity index (χ3v) is 4.08. The fourth-order valence-electron chi connectivity index (χ4n) is 2.96. The molecule has 0 bridgehead atoms. The molecule has 23 heavy (non-hydrogen) atoms. The molecule has 1 aliphatic heterocycles. The number of hydrogen-bond donors (Lipinski definition) is 0. The Kier molecular flexibility index (Phi) is 4.84. The highest BCUT2D eigenvalue weighted by atomic mass is 16.5. The van der Waals surface area contributed by atoms with Gasteiger partial charge in [0.05, 0.1) is 23.9 Å². The van der Waals surface area contributed by atoms with Crippen molar-refractivity contribution in [1.82, 2.24) is 14.9 Å². The van der Waals surface area contributed by atoms with Crippen LogP contribution in [-0.4, -0.2) is 34.6 Å². The van der Waals surface area contributed by atoms with Crippen molar-refractivity contribution in [2.24, 2.45) is 0 Å². The van der Waals surface area contributed by atoms with Crippen molar-refractivity contribution in [1.29, 1.82) is 5.26 Å². The molecule has 5 nitrogen and oxygen atoms in total. The van der Waals surface area contributed by atoms with Crippen molar-refractivity contribution in [3.05, 3.63) is 53.0 Å². The first-order valence-corrected chi connectivity index (χ1v) is 7.97. The second-order valence-corrected chi connectivity index (χ2v) is 5.63. The minimum absolute atomic E-state index is 0.619. The van der Waals surface area contributed by atoms with E-state index in [1.807, 2.05) is 25.1 Å². The lowest BCUT2D eigenvalue weighted by atomic mass is 10.1. The van der Waals surface area contributed by atoms with Gasteiger partial charge in [0.1, 0.15) is 6.33 Å². The fourth-order valence-corrected chi connectivity index (χ4v) is 2.96. The van der Waals surface area contributed by atoms with Crippen molar-refractivity contribution in [3.63, 3.8) is 0 Å². The van der Waals surface area contributed by atoms with E-state index < -0.39 is 0 Å². The van der Waals surface area contributed by atoms with Gasteiger partial charge in [-0.2, -0.15) is 5.26 Å². The van der Waals surface area contributed by atoms with Gasteiger partial charge in [0.2, 0.25) is 5.88 Å². The number of hydrogen-bond acceptors (Lipinski definition) is 5. The molecule has 0 amide bonds. The maximum atomic E-state index is 9.02. The van der Waals surface area contributed by atoms with E-state index in [0.717, 1.165) is 49.6 Å². The zero-order valence-electron chi connectivity index (χ0n) is 13.3. The summed E-state index contributed by atoms with van der Waals surface area (Å²) in [4.78, 5) is 11.1. The molecule has 0 atom stereocenters. The molecular formula is C18H20N4O. The molecule has 0 unspecified atom stereocenters. The van der Waals surface area contributed by atoms with Crippen LogP contribution in [0.2, 0.25) is 0 Å². The van der Waals surface area contributed by atoms with Gasteiger partial charge in [-0.05, 0) is 31.0 Å². The largest absolute Gasteiger partial charge is 0.478 e. The van der Waals surface area contributed by atoms with Crippen LogP contribution in [0.25, 0.3) is 0 Å². The van der Waals surface area contributed by atoms with Gasteiger partial charge in [-0.25, -0.2) is 9.97 Å². The summed E-state index contributed by atoms with van der Waals surface area (Å²) in [6.07, 6.45) is 3.38. The lowest BCUT2D eigenvalue weighted by molar-refractivity contribution is 0.277. The molecule has 0 radical (unpaired) electrons. The first-order chi connectivity index (χ1) is 11.3. The number of benzene rings is 1. The van der Waals surface area contributed by atoms with E-state index in [2.05, 4.69) is 27.0 Å². The second kappa shape index (κ2) is 7.21. The molecule has 0 spiro atoms. The van der Waals surface area contributed by atoms with Gasteiger partial charge >= 0.3 is 0 Å². The van der Waals surface area contributed by atoms with Gasteiger partial charge in [-0.15, -0.1) is 0 Å². The summed E-state index contributed by atoms with van der Waals surface area (Å²) in [5.41, 5.74) is 4.12. The quantitative estimate of drug-likeness (QED) is 0.867. The van der Waals surface area contributed by atoms with E-state index in [1.54, 1.807) is 6.33 Å². The summed E-state index contributed by atoms with van der Waals surface area (Å²) < 4.78 is 5.64. The predicted molar refractivity (Wildman–Crippen MR) is 87.0 cm³/mol. The van der Waals surface area contributed by atoms with Crippen molar-refractivity contribution >= 4 is 0 Å². The van der Waals surface area contributed by atoms with Gasteiger partial charge in [0, 0.05) is 31.6 Å². The van der Waals surface area contributed by atoms with Crippen LogP contribution in [0.4, 0.5) is 0 Å². The Morgan fingerprint density at radius 3 is 2.96 bits per heavy atom. The summed E-state index contributed by atoms with van der Waals surface area (Å²) in [5, 5.41) is 9.02. The molecule has 3 rings (SSSR count). The Labute approximate surface area is 136 Å². The number of fused-ring (bicyclic) bond motifs is 1. The Balaban J connectivity index is 1.72. The van der Waals surface area contributed by atoms with Crippen LogP contribution in [0.1, 0.15) is 29.3 Å². The van der Waals surface area contributed by atoms with E-state index in [-0.39, 0.29) is 0 Å². The predicted octanol–water partition coefficient (Wildman–Crippen LogP) is 2.35. The van der Waals surface area contributed by atoms with Gasteiger partial charge in [0.15, 0.2) is 0 Å². The molecule has 5 heteroatoms. The van der Waals surface area contributed by atoms with E-state index in [0.29, 0.717) is 12.2 Å². The van der Waals surface area contributed by atoms with Gasteiger partial charge in [-0.1, -0.05) is 12.1 Å². The Bertz CT molecular complexity index is 723. The molecular weight excluding hydrogens is 288 g/mol. The molecule has 0 fully saturated rings. The molecule has 2 heterocycles. The van der Waals surface area contributed by atoms with Gasteiger partial charge in [-0.3, -0.25) is 4.90 Å². The van der Waals surface area contributed by atoms with Gasteiger partial charge < -0.3 is 4.74 Å². The highest BCUT2D eigenvalue weighted by molar-refractivity contribution is 5.33. The third kappa shape index (κ3) is 3.66. The van der Waals surface area contributed by atoms with Crippen LogP contribution in [0.5, 0.6) is 5.88 Å². The highest BCUT2D eigenvalue weighted by Crippen LogP contribution is 2.23. The molecule has 118 valence electrons. The molecule has 0 saturated carbocycles. The second-order valence-electron chi connectivity index (χ2n) is 5.63. The molecule has 0 aliphatic carbocycles. The summed E-state index contributed by atoms with van der Waals surface area (Å²) in [6.45, 7) is 5.33. The van der Waals surface area contributed by atoms with Crippen LogP contribution in [0, 0.1) is 11.3 Å². The van der Waals surface area contributed by atoms with E-state index in [9.17, 15) is 0 Å². The monoisotopic (exact) mass is 308 g/mol. The number of nitrogens with zero attached hydrogens (tertiary/aromatic N) is 4. The summed E-state index contributed by atoms with van der Waals surface area (Å²) in [6, 6.07) is 10.0. The fraction of sp³-hybridized carbons (Fsp3) is 0.389. The highest BCUT2D eigenvalue weighted by Gasteiger charge is 2.19. The van der Waals surface area contributed by atoms with E-state index in [1.165, 1.54) is 5.56 Å². The zero-order chi connectivity index (χ0) is 16.1. The normalized spacial score (nSPS) is 14.6. The molecule has 1 aliphatic rings. The van der Waals surface area contributed by atoms with Crippen molar-refractivity contribution in [2.45, 2.75) is 26.3 Å². The Morgan fingerprint density at radius 1 is 1.26 bits per heavy atom. The minimum atomic E-state index is 0.619. The molecule has 0 N–H and O–H groups in total. The molecule has 1 aromatic carbocycles. The van der Waals surface area contributed by atoms with E-state index in [4.69, 9.17) is 10.00 Å². The molecule has 2 aromatic rings. The standard InChI is InChI=1S/C18H20N4O/c1-2-23-18-16-6-8-22(9-7-17(16)20-13-21-18)12-15-5-3-4-14(10-15)11-19/h3-5,10,13H,2,6-9,12H2,1H3. The Hall–Kier alpha value is -2.45. The molecule has 1 aromatic heterocycles. The Morgan fingerprint density at radius 2 is 2.13 bits per heavy atom. The van der Waals surface area contributed by atoms with Crippen LogP contribution < -0.4 is 4.74 Å². The van der Waals surface area contributed by atoms with Crippen molar-refractivity contribution in [2.75, 3.05) is 19.7 Å².